The predicted molar refractivity (Wildman–Crippen MR) is 74.6 cm³/mol. The van der Waals surface area contributed by atoms with Crippen LogP contribution < -0.4 is 0 Å². The largest absolute Gasteiger partial charge is 0.481 e. The van der Waals surface area contributed by atoms with Crippen LogP contribution in [0.5, 0.6) is 0 Å². The second-order valence-electron chi connectivity index (χ2n) is 5.05. The van der Waals surface area contributed by atoms with E-state index in [0.29, 0.717) is 18.2 Å². The number of para-hydroxylation sites is 1. The molecule has 6 nitrogen and oxygen atoms in total. The lowest BCUT2D eigenvalue weighted by Gasteiger charge is -2.03. The van der Waals surface area contributed by atoms with E-state index < -0.39 is 5.97 Å². The van der Waals surface area contributed by atoms with Crippen molar-refractivity contribution in [2.24, 2.45) is 5.92 Å². The highest BCUT2D eigenvalue weighted by Crippen LogP contribution is 2.29. The number of hydrogen-bond acceptors (Lipinski definition) is 5. The van der Waals surface area contributed by atoms with Gasteiger partial charge in [-0.15, -0.1) is 10.2 Å². The Morgan fingerprint density at radius 2 is 2.14 bits per heavy atom. The van der Waals surface area contributed by atoms with Crippen LogP contribution in [0.3, 0.4) is 0 Å². The highest BCUT2D eigenvalue weighted by atomic mass is 16.4. The molecule has 0 bridgehead atoms. The fraction of sp³-hybridized carbons (Fsp3) is 0.267. The molecule has 3 rings (SSSR count). The first-order valence-electron chi connectivity index (χ1n) is 6.64. The summed E-state index contributed by atoms with van der Waals surface area (Å²) in [7, 11) is 0. The first kappa shape index (κ1) is 13.4. The number of furan rings is 1. The SMILES string of the molecule is CC(CC(=O)O)Cc1nnc(-c2coc3ccccc23)o1. The van der Waals surface area contributed by atoms with Crippen LogP contribution in [0.15, 0.2) is 39.4 Å². The van der Waals surface area contributed by atoms with Crippen molar-refractivity contribution in [2.45, 2.75) is 19.8 Å². The molecule has 1 atom stereocenters. The standard InChI is InChI=1S/C15H14N2O4/c1-9(7-14(18)19)6-13-16-17-15(21-13)11-8-20-12-5-3-2-4-10(11)12/h2-5,8-9H,6-7H2,1H3,(H,18,19). The molecule has 0 spiro atoms. The van der Waals surface area contributed by atoms with Gasteiger partial charge in [0, 0.05) is 18.2 Å². The van der Waals surface area contributed by atoms with Gasteiger partial charge in [0.25, 0.3) is 5.89 Å². The van der Waals surface area contributed by atoms with E-state index in [1.165, 1.54) is 0 Å². The number of carbonyl (C=O) groups is 1. The van der Waals surface area contributed by atoms with Gasteiger partial charge in [0.15, 0.2) is 0 Å². The molecule has 0 radical (unpaired) electrons. The van der Waals surface area contributed by atoms with Crippen molar-refractivity contribution >= 4 is 16.9 Å². The van der Waals surface area contributed by atoms with Gasteiger partial charge in [-0.25, -0.2) is 0 Å². The van der Waals surface area contributed by atoms with Crippen molar-refractivity contribution in [1.82, 2.24) is 10.2 Å². The summed E-state index contributed by atoms with van der Waals surface area (Å²) in [6.07, 6.45) is 2.10. The predicted octanol–water partition coefficient (Wildman–Crippen LogP) is 3.14. The molecule has 1 N–H and O–H groups in total. The maximum atomic E-state index is 10.7. The van der Waals surface area contributed by atoms with E-state index in [2.05, 4.69) is 10.2 Å². The summed E-state index contributed by atoms with van der Waals surface area (Å²) in [5.74, 6) is -0.0681. The minimum Gasteiger partial charge on any atom is -0.481 e. The van der Waals surface area contributed by atoms with Gasteiger partial charge in [-0.1, -0.05) is 25.1 Å². The Balaban J connectivity index is 1.83. The second kappa shape index (κ2) is 5.40. The van der Waals surface area contributed by atoms with Crippen LogP contribution in [0.2, 0.25) is 0 Å². The molecule has 0 amide bonds. The van der Waals surface area contributed by atoms with Crippen LogP contribution in [0.1, 0.15) is 19.2 Å². The van der Waals surface area contributed by atoms with Gasteiger partial charge in [0.1, 0.15) is 11.8 Å². The van der Waals surface area contributed by atoms with Gasteiger partial charge >= 0.3 is 5.97 Å². The monoisotopic (exact) mass is 286 g/mol. The molecule has 1 aromatic carbocycles. The number of rotatable bonds is 5. The normalized spacial score (nSPS) is 12.6. The summed E-state index contributed by atoms with van der Waals surface area (Å²) in [5, 5.41) is 17.7. The summed E-state index contributed by atoms with van der Waals surface area (Å²) >= 11 is 0. The Hall–Kier alpha value is -2.63. The number of nitrogens with zero attached hydrogens (tertiary/aromatic N) is 2. The van der Waals surface area contributed by atoms with E-state index in [1.807, 2.05) is 31.2 Å². The minimum atomic E-state index is -0.830. The molecule has 3 aromatic rings. The molecular formula is C15H14N2O4. The Kier molecular flexibility index (Phi) is 3.43. The molecule has 2 heterocycles. The van der Waals surface area contributed by atoms with Crippen LogP contribution >= 0.6 is 0 Å². The molecular weight excluding hydrogens is 272 g/mol. The summed E-state index contributed by atoms with van der Waals surface area (Å²) in [5.41, 5.74) is 1.50. The van der Waals surface area contributed by atoms with E-state index in [1.54, 1.807) is 6.26 Å². The van der Waals surface area contributed by atoms with Crippen molar-refractivity contribution in [3.8, 4) is 11.5 Å². The zero-order valence-electron chi connectivity index (χ0n) is 11.4. The molecule has 21 heavy (non-hydrogen) atoms. The van der Waals surface area contributed by atoms with E-state index in [9.17, 15) is 4.79 Å². The quantitative estimate of drug-likeness (QED) is 0.775. The minimum absolute atomic E-state index is 0.0584. The van der Waals surface area contributed by atoms with Crippen LogP contribution in [-0.4, -0.2) is 21.3 Å². The average Bonchev–Trinajstić information content (AvgIpc) is 3.03. The third-order valence-corrected chi connectivity index (χ3v) is 3.22. The number of carboxylic acids is 1. The lowest BCUT2D eigenvalue weighted by molar-refractivity contribution is -0.137. The molecule has 6 heteroatoms. The summed E-state index contributed by atoms with van der Waals surface area (Å²) in [4.78, 5) is 10.7. The third-order valence-electron chi connectivity index (χ3n) is 3.22. The highest BCUT2D eigenvalue weighted by Gasteiger charge is 2.17. The van der Waals surface area contributed by atoms with E-state index in [0.717, 1.165) is 16.5 Å². The molecule has 0 aliphatic carbocycles. The zero-order chi connectivity index (χ0) is 14.8. The van der Waals surface area contributed by atoms with Gasteiger partial charge in [-0.05, 0) is 12.0 Å². The fourth-order valence-electron chi connectivity index (χ4n) is 2.26. The van der Waals surface area contributed by atoms with Crippen molar-refractivity contribution in [3.05, 3.63) is 36.4 Å². The van der Waals surface area contributed by atoms with Crippen molar-refractivity contribution in [3.63, 3.8) is 0 Å². The third kappa shape index (κ3) is 2.79. The topological polar surface area (TPSA) is 89.4 Å². The summed E-state index contributed by atoms with van der Waals surface area (Å²) < 4.78 is 11.1. The van der Waals surface area contributed by atoms with Gasteiger partial charge < -0.3 is 13.9 Å². The molecule has 1 unspecified atom stereocenters. The molecule has 0 saturated heterocycles. The van der Waals surface area contributed by atoms with Gasteiger partial charge in [-0.2, -0.15) is 0 Å². The molecule has 0 aliphatic heterocycles. The van der Waals surface area contributed by atoms with Crippen LogP contribution in [0.25, 0.3) is 22.4 Å². The Morgan fingerprint density at radius 3 is 2.95 bits per heavy atom. The molecule has 0 aliphatic rings. The molecule has 0 saturated carbocycles. The number of fused-ring (bicyclic) bond motifs is 1. The zero-order valence-corrected chi connectivity index (χ0v) is 11.4. The maximum absolute atomic E-state index is 10.7. The fourth-order valence-corrected chi connectivity index (χ4v) is 2.26. The van der Waals surface area contributed by atoms with Crippen LogP contribution in [-0.2, 0) is 11.2 Å². The van der Waals surface area contributed by atoms with Crippen molar-refractivity contribution in [1.29, 1.82) is 0 Å². The van der Waals surface area contributed by atoms with Gasteiger partial charge in [-0.3, -0.25) is 4.79 Å². The van der Waals surface area contributed by atoms with Crippen molar-refractivity contribution < 1.29 is 18.7 Å². The smallest absolute Gasteiger partial charge is 0.303 e. The molecule has 108 valence electrons. The van der Waals surface area contributed by atoms with E-state index in [-0.39, 0.29) is 12.3 Å². The number of hydrogen-bond donors (Lipinski definition) is 1. The Bertz CT molecular complexity index is 775. The van der Waals surface area contributed by atoms with Crippen LogP contribution in [0, 0.1) is 5.92 Å². The van der Waals surface area contributed by atoms with E-state index in [4.69, 9.17) is 13.9 Å². The van der Waals surface area contributed by atoms with E-state index >= 15 is 0 Å². The average molecular weight is 286 g/mol. The Labute approximate surface area is 120 Å². The number of aromatic nitrogens is 2. The van der Waals surface area contributed by atoms with Gasteiger partial charge in [0.2, 0.25) is 5.89 Å². The van der Waals surface area contributed by atoms with Crippen LogP contribution in [0.4, 0.5) is 0 Å². The molecule has 2 aromatic heterocycles. The number of carboxylic acid groups (broad SMARTS) is 1. The first-order valence-corrected chi connectivity index (χ1v) is 6.64. The Morgan fingerprint density at radius 1 is 1.33 bits per heavy atom. The second-order valence-corrected chi connectivity index (χ2v) is 5.05. The summed E-state index contributed by atoms with van der Waals surface area (Å²) in [6, 6.07) is 7.59. The van der Waals surface area contributed by atoms with Crippen molar-refractivity contribution in [2.75, 3.05) is 0 Å². The summed E-state index contributed by atoms with van der Waals surface area (Å²) in [6.45, 7) is 1.84. The highest BCUT2D eigenvalue weighted by molar-refractivity contribution is 5.91. The molecule has 0 fully saturated rings. The number of aliphatic carboxylic acids is 1. The maximum Gasteiger partial charge on any atom is 0.303 e. The lowest BCUT2D eigenvalue weighted by atomic mass is 10.0. The lowest BCUT2D eigenvalue weighted by Crippen LogP contribution is -2.07. The van der Waals surface area contributed by atoms with Gasteiger partial charge in [0.05, 0.1) is 5.56 Å². The first-order chi connectivity index (χ1) is 10.1. The number of benzene rings is 1.